The zero-order valence-corrected chi connectivity index (χ0v) is 16.6. The van der Waals surface area contributed by atoms with E-state index in [4.69, 9.17) is 23.2 Å². The molecule has 2 aromatic carbocycles. The molecule has 3 rings (SSSR count). The molecule has 0 bridgehead atoms. The normalized spacial score (nSPS) is 10.6. The van der Waals surface area contributed by atoms with Crippen molar-refractivity contribution in [3.63, 3.8) is 0 Å². The fourth-order valence-electron chi connectivity index (χ4n) is 2.68. The number of hydrogen-bond donors (Lipinski definition) is 1. The van der Waals surface area contributed by atoms with Gasteiger partial charge in [0.05, 0.1) is 12.2 Å². The number of rotatable bonds is 7. The van der Waals surface area contributed by atoms with Crippen LogP contribution in [0.15, 0.2) is 65.5 Å². The van der Waals surface area contributed by atoms with Gasteiger partial charge in [-0.05, 0) is 42.3 Å². The van der Waals surface area contributed by atoms with E-state index in [2.05, 4.69) is 10.4 Å². The standard InChI is InChI=1S/C21H19Cl2N3O2/c22-17-5-1-15(2-6-17)11-13-24-20(27)12-14-26-21(28)10-9-19(25-26)16-3-7-18(23)8-4-16/h1-10H,11-14H2,(H,24,27). The van der Waals surface area contributed by atoms with Gasteiger partial charge in [-0.15, -0.1) is 0 Å². The molecule has 1 heterocycles. The molecule has 144 valence electrons. The van der Waals surface area contributed by atoms with E-state index >= 15 is 0 Å². The first kappa shape index (κ1) is 20.1. The van der Waals surface area contributed by atoms with E-state index in [9.17, 15) is 9.59 Å². The molecule has 28 heavy (non-hydrogen) atoms. The Kier molecular flexibility index (Phi) is 6.85. The highest BCUT2D eigenvalue weighted by Gasteiger charge is 2.07. The fraction of sp³-hybridized carbons (Fsp3) is 0.190. The van der Waals surface area contributed by atoms with Crippen LogP contribution in [0.3, 0.4) is 0 Å². The molecule has 3 aromatic rings. The quantitative estimate of drug-likeness (QED) is 0.634. The highest BCUT2D eigenvalue weighted by molar-refractivity contribution is 6.30. The predicted molar refractivity (Wildman–Crippen MR) is 112 cm³/mol. The number of benzene rings is 2. The summed E-state index contributed by atoms with van der Waals surface area (Å²) in [6, 6.07) is 17.8. The molecule has 0 atom stereocenters. The number of nitrogens with one attached hydrogen (secondary N) is 1. The van der Waals surface area contributed by atoms with Crippen molar-refractivity contribution in [3.8, 4) is 11.3 Å². The zero-order chi connectivity index (χ0) is 19.9. The van der Waals surface area contributed by atoms with E-state index < -0.39 is 0 Å². The summed E-state index contributed by atoms with van der Waals surface area (Å²) in [5, 5.41) is 8.53. The Morgan fingerprint density at radius 1 is 0.929 bits per heavy atom. The summed E-state index contributed by atoms with van der Waals surface area (Å²) in [7, 11) is 0. The maximum absolute atomic E-state index is 12.1. The van der Waals surface area contributed by atoms with Crippen LogP contribution in [0.1, 0.15) is 12.0 Å². The first-order valence-corrected chi connectivity index (χ1v) is 9.62. The SMILES string of the molecule is O=C(CCn1nc(-c2ccc(Cl)cc2)ccc1=O)NCCc1ccc(Cl)cc1. The van der Waals surface area contributed by atoms with Crippen molar-refractivity contribution in [1.82, 2.24) is 15.1 Å². The molecule has 1 aromatic heterocycles. The van der Waals surface area contributed by atoms with E-state index in [1.165, 1.54) is 10.7 Å². The molecule has 0 unspecified atom stereocenters. The van der Waals surface area contributed by atoms with Gasteiger partial charge in [0.1, 0.15) is 0 Å². The average molecular weight is 416 g/mol. The Labute approximate surface area is 172 Å². The first-order valence-electron chi connectivity index (χ1n) is 8.86. The lowest BCUT2D eigenvalue weighted by Crippen LogP contribution is -2.29. The van der Waals surface area contributed by atoms with Crippen molar-refractivity contribution in [1.29, 1.82) is 0 Å². The van der Waals surface area contributed by atoms with Crippen LogP contribution in [0, 0.1) is 0 Å². The van der Waals surface area contributed by atoms with Gasteiger partial charge < -0.3 is 5.32 Å². The topological polar surface area (TPSA) is 64.0 Å². The van der Waals surface area contributed by atoms with Crippen LogP contribution in [0.25, 0.3) is 11.3 Å². The Balaban J connectivity index is 1.54. The van der Waals surface area contributed by atoms with Crippen molar-refractivity contribution >= 4 is 29.1 Å². The van der Waals surface area contributed by atoms with Crippen LogP contribution in [0.2, 0.25) is 10.0 Å². The highest BCUT2D eigenvalue weighted by Crippen LogP contribution is 2.18. The van der Waals surface area contributed by atoms with E-state index in [-0.39, 0.29) is 24.4 Å². The van der Waals surface area contributed by atoms with Crippen LogP contribution in [0.4, 0.5) is 0 Å². The van der Waals surface area contributed by atoms with Crippen LogP contribution < -0.4 is 10.9 Å². The summed E-state index contributed by atoms with van der Waals surface area (Å²) in [5.74, 6) is -0.125. The third-order valence-corrected chi connectivity index (χ3v) is 4.71. The van der Waals surface area contributed by atoms with E-state index in [0.717, 1.165) is 11.1 Å². The van der Waals surface area contributed by atoms with Crippen molar-refractivity contribution in [3.05, 3.63) is 86.6 Å². The molecule has 1 N–H and O–H groups in total. The maximum atomic E-state index is 12.1. The van der Waals surface area contributed by atoms with Gasteiger partial charge in [0, 0.05) is 34.6 Å². The molecule has 0 radical (unpaired) electrons. The Bertz CT molecular complexity index is 999. The third-order valence-electron chi connectivity index (χ3n) is 4.21. The minimum atomic E-state index is -0.244. The molecular formula is C21H19Cl2N3O2. The van der Waals surface area contributed by atoms with E-state index in [0.29, 0.717) is 28.7 Å². The molecule has 0 aliphatic carbocycles. The number of hydrogen-bond acceptors (Lipinski definition) is 3. The predicted octanol–water partition coefficient (Wildman–Crippen LogP) is 3.97. The lowest BCUT2D eigenvalue weighted by atomic mass is 10.1. The van der Waals surface area contributed by atoms with Crippen molar-refractivity contribution < 1.29 is 4.79 Å². The minimum absolute atomic E-state index is 0.125. The number of carbonyl (C=O) groups excluding carboxylic acids is 1. The summed E-state index contributed by atoms with van der Waals surface area (Å²) in [6.45, 7) is 0.737. The van der Waals surface area contributed by atoms with Crippen molar-refractivity contribution in [2.24, 2.45) is 0 Å². The van der Waals surface area contributed by atoms with Gasteiger partial charge in [-0.3, -0.25) is 9.59 Å². The maximum Gasteiger partial charge on any atom is 0.266 e. The Hall–Kier alpha value is -2.63. The van der Waals surface area contributed by atoms with Gasteiger partial charge in [-0.25, -0.2) is 4.68 Å². The van der Waals surface area contributed by atoms with Gasteiger partial charge in [0.2, 0.25) is 5.91 Å². The second-order valence-corrected chi connectivity index (χ2v) is 7.14. The molecule has 7 heteroatoms. The lowest BCUT2D eigenvalue weighted by molar-refractivity contribution is -0.121. The minimum Gasteiger partial charge on any atom is -0.356 e. The van der Waals surface area contributed by atoms with Gasteiger partial charge in [-0.1, -0.05) is 47.5 Å². The van der Waals surface area contributed by atoms with Crippen molar-refractivity contribution in [2.45, 2.75) is 19.4 Å². The Morgan fingerprint density at radius 3 is 2.25 bits per heavy atom. The second-order valence-electron chi connectivity index (χ2n) is 6.26. The number of halogens is 2. The zero-order valence-electron chi connectivity index (χ0n) is 15.1. The summed E-state index contributed by atoms with van der Waals surface area (Å²) in [4.78, 5) is 24.1. The molecule has 0 saturated heterocycles. The third kappa shape index (κ3) is 5.68. The molecule has 0 fully saturated rings. The largest absolute Gasteiger partial charge is 0.356 e. The highest BCUT2D eigenvalue weighted by atomic mass is 35.5. The van der Waals surface area contributed by atoms with Gasteiger partial charge in [0.25, 0.3) is 5.56 Å². The lowest BCUT2D eigenvalue weighted by Gasteiger charge is -2.08. The smallest absolute Gasteiger partial charge is 0.266 e. The fourth-order valence-corrected chi connectivity index (χ4v) is 2.93. The molecule has 1 amide bonds. The van der Waals surface area contributed by atoms with Crippen LogP contribution in [-0.2, 0) is 17.8 Å². The summed E-state index contributed by atoms with van der Waals surface area (Å²) < 4.78 is 1.31. The van der Waals surface area contributed by atoms with Crippen LogP contribution >= 0.6 is 23.2 Å². The number of aryl methyl sites for hydroxylation is 1. The van der Waals surface area contributed by atoms with E-state index in [1.54, 1.807) is 18.2 Å². The summed E-state index contributed by atoms with van der Waals surface area (Å²) in [6.07, 6.45) is 0.894. The molecule has 0 aliphatic heterocycles. The number of amides is 1. The van der Waals surface area contributed by atoms with Crippen LogP contribution in [-0.4, -0.2) is 22.2 Å². The Morgan fingerprint density at radius 2 is 1.57 bits per heavy atom. The van der Waals surface area contributed by atoms with E-state index in [1.807, 2.05) is 36.4 Å². The summed E-state index contributed by atoms with van der Waals surface area (Å²) >= 11 is 11.8. The van der Waals surface area contributed by atoms with Crippen LogP contribution in [0.5, 0.6) is 0 Å². The second kappa shape index (κ2) is 9.53. The number of aromatic nitrogens is 2. The molecule has 0 spiro atoms. The van der Waals surface area contributed by atoms with Crippen molar-refractivity contribution in [2.75, 3.05) is 6.54 Å². The summed E-state index contributed by atoms with van der Waals surface area (Å²) in [5.41, 5.74) is 2.36. The molecule has 0 saturated carbocycles. The number of carbonyl (C=O) groups is 1. The monoisotopic (exact) mass is 415 g/mol. The average Bonchev–Trinajstić information content (AvgIpc) is 2.69. The van der Waals surface area contributed by atoms with Gasteiger partial charge >= 0.3 is 0 Å². The molecule has 0 aliphatic rings. The number of nitrogens with zero attached hydrogens (tertiary/aromatic N) is 2. The first-order chi connectivity index (χ1) is 13.5. The van der Waals surface area contributed by atoms with Gasteiger partial charge in [0.15, 0.2) is 0 Å². The molecular weight excluding hydrogens is 397 g/mol. The van der Waals surface area contributed by atoms with Gasteiger partial charge in [-0.2, -0.15) is 5.10 Å². The molecule has 5 nitrogen and oxygen atoms in total.